The number of amides is 1. The number of carbonyl (C=O) groups is 1. The molecular formula is C20H33ClIN5O2. The third-order valence-corrected chi connectivity index (χ3v) is 5.23. The summed E-state index contributed by atoms with van der Waals surface area (Å²) in [6, 6.07) is 8.41. The predicted molar refractivity (Wildman–Crippen MR) is 129 cm³/mol. The Morgan fingerprint density at radius 1 is 1.34 bits per heavy atom. The molecule has 0 bridgehead atoms. The lowest BCUT2D eigenvalue weighted by atomic mass is 9.85. The first kappa shape index (κ1) is 25.9. The molecule has 7 nitrogen and oxygen atoms in total. The van der Waals surface area contributed by atoms with Gasteiger partial charge in [-0.3, -0.25) is 14.7 Å². The maximum atomic E-state index is 11.8. The van der Waals surface area contributed by atoms with Crippen LogP contribution in [-0.4, -0.2) is 70.8 Å². The Morgan fingerprint density at radius 2 is 2.14 bits per heavy atom. The number of carbonyl (C=O) groups excluding carboxylic acids is 1. The minimum Gasteiger partial charge on any atom is -0.383 e. The quantitative estimate of drug-likeness (QED) is 0.205. The third-order valence-electron chi connectivity index (χ3n) is 5.00. The Balaban J connectivity index is 0.00000420. The Bertz CT molecular complexity index is 662. The number of piperidine rings is 1. The van der Waals surface area contributed by atoms with E-state index in [4.69, 9.17) is 16.3 Å². The summed E-state index contributed by atoms with van der Waals surface area (Å²) in [4.78, 5) is 18.4. The van der Waals surface area contributed by atoms with E-state index in [1.807, 2.05) is 12.1 Å². The zero-order valence-electron chi connectivity index (χ0n) is 17.4. The molecule has 1 aliphatic rings. The highest BCUT2D eigenvalue weighted by Gasteiger charge is 2.30. The number of methoxy groups -OCH3 is 1. The fourth-order valence-corrected chi connectivity index (χ4v) is 3.86. The van der Waals surface area contributed by atoms with Gasteiger partial charge in [0.05, 0.1) is 13.2 Å². The second-order valence-corrected chi connectivity index (χ2v) is 7.47. The van der Waals surface area contributed by atoms with Crippen LogP contribution in [0.3, 0.4) is 0 Å². The number of nitrogens with zero attached hydrogens (tertiary/aromatic N) is 2. The summed E-state index contributed by atoms with van der Waals surface area (Å²) in [6.45, 7) is 3.01. The summed E-state index contributed by atoms with van der Waals surface area (Å²) in [6.07, 6.45) is 2.29. The van der Waals surface area contributed by atoms with E-state index in [-0.39, 0.29) is 36.4 Å². The lowest BCUT2D eigenvalue weighted by Gasteiger charge is -2.40. The van der Waals surface area contributed by atoms with Crippen LogP contribution in [0.25, 0.3) is 0 Å². The van der Waals surface area contributed by atoms with Gasteiger partial charge in [-0.25, -0.2) is 0 Å². The molecule has 1 fully saturated rings. The number of hydrogen-bond acceptors (Lipinski definition) is 4. The van der Waals surface area contributed by atoms with Crippen molar-refractivity contribution in [3.8, 4) is 0 Å². The number of ether oxygens (including phenoxy) is 1. The summed E-state index contributed by atoms with van der Waals surface area (Å²) in [5.74, 6) is 0.959. The SMILES string of the molecule is CN=C(NCC(=O)NCCOC)NCC1CCCN(C)C1c1cccc(Cl)c1.I. The number of benzene rings is 1. The standard InChI is InChI=1S/C20H32ClN5O2.HI/c1-22-20(25-14-18(27)23-9-11-28-3)24-13-16-7-5-10-26(2)19(16)15-6-4-8-17(21)12-15;/h4,6,8,12,16,19H,5,7,9-11,13-14H2,1-3H3,(H,23,27)(H2,22,24,25);1H. The first-order valence-electron chi connectivity index (χ1n) is 9.71. The summed E-state index contributed by atoms with van der Waals surface area (Å²) in [7, 11) is 5.48. The van der Waals surface area contributed by atoms with E-state index < -0.39 is 0 Å². The van der Waals surface area contributed by atoms with Gasteiger partial charge in [-0.1, -0.05) is 23.7 Å². The van der Waals surface area contributed by atoms with Crippen molar-refractivity contribution in [3.05, 3.63) is 34.9 Å². The highest BCUT2D eigenvalue weighted by atomic mass is 127. The second-order valence-electron chi connectivity index (χ2n) is 7.03. The van der Waals surface area contributed by atoms with E-state index in [9.17, 15) is 4.79 Å². The molecule has 1 heterocycles. The summed E-state index contributed by atoms with van der Waals surface area (Å²) in [5.41, 5.74) is 1.24. The van der Waals surface area contributed by atoms with E-state index in [1.54, 1.807) is 14.2 Å². The normalized spacial score (nSPS) is 19.9. The monoisotopic (exact) mass is 537 g/mol. The van der Waals surface area contributed by atoms with Crippen molar-refractivity contribution < 1.29 is 9.53 Å². The van der Waals surface area contributed by atoms with Gasteiger partial charge >= 0.3 is 0 Å². The highest BCUT2D eigenvalue weighted by molar-refractivity contribution is 14.0. The fourth-order valence-electron chi connectivity index (χ4n) is 3.66. The fraction of sp³-hybridized carbons (Fsp3) is 0.600. The summed E-state index contributed by atoms with van der Waals surface area (Å²) < 4.78 is 4.92. The molecule has 0 aliphatic carbocycles. The Hall–Kier alpha value is -1.10. The van der Waals surface area contributed by atoms with Crippen LogP contribution in [0.5, 0.6) is 0 Å². The third kappa shape index (κ3) is 8.65. The molecule has 3 N–H and O–H groups in total. The summed E-state index contributed by atoms with van der Waals surface area (Å²) >= 11 is 6.22. The first-order chi connectivity index (χ1) is 13.5. The predicted octanol–water partition coefficient (Wildman–Crippen LogP) is 2.27. The van der Waals surface area contributed by atoms with Crippen LogP contribution in [0, 0.1) is 5.92 Å². The van der Waals surface area contributed by atoms with Gasteiger partial charge in [0.25, 0.3) is 0 Å². The summed E-state index contributed by atoms with van der Waals surface area (Å²) in [5, 5.41) is 9.98. The van der Waals surface area contributed by atoms with Crippen molar-refractivity contribution in [1.82, 2.24) is 20.9 Å². The molecule has 1 saturated heterocycles. The van der Waals surface area contributed by atoms with Gasteiger partial charge in [-0.2, -0.15) is 0 Å². The zero-order chi connectivity index (χ0) is 20.4. The van der Waals surface area contributed by atoms with E-state index in [0.717, 1.165) is 31.0 Å². The molecule has 2 unspecified atom stereocenters. The minimum absolute atomic E-state index is 0. The molecule has 29 heavy (non-hydrogen) atoms. The van der Waals surface area contributed by atoms with Crippen molar-refractivity contribution in [2.45, 2.75) is 18.9 Å². The van der Waals surface area contributed by atoms with Gasteiger partial charge in [0.1, 0.15) is 0 Å². The van der Waals surface area contributed by atoms with Crippen molar-refractivity contribution >= 4 is 47.4 Å². The lowest BCUT2D eigenvalue weighted by Crippen LogP contribution is -2.47. The van der Waals surface area contributed by atoms with Crippen molar-refractivity contribution in [2.24, 2.45) is 10.9 Å². The average Bonchev–Trinajstić information content (AvgIpc) is 2.68. The highest BCUT2D eigenvalue weighted by Crippen LogP contribution is 2.35. The van der Waals surface area contributed by atoms with Crippen molar-refractivity contribution in [3.63, 3.8) is 0 Å². The van der Waals surface area contributed by atoms with Crippen LogP contribution < -0.4 is 16.0 Å². The lowest BCUT2D eigenvalue weighted by molar-refractivity contribution is -0.120. The molecule has 1 amide bonds. The largest absolute Gasteiger partial charge is 0.383 e. The first-order valence-corrected chi connectivity index (χ1v) is 10.1. The van der Waals surface area contributed by atoms with Crippen LogP contribution in [-0.2, 0) is 9.53 Å². The molecule has 0 aromatic heterocycles. The second kappa shape index (κ2) is 14.0. The van der Waals surface area contributed by atoms with Crippen LogP contribution in [0.4, 0.5) is 0 Å². The van der Waals surface area contributed by atoms with Gasteiger partial charge in [0.2, 0.25) is 5.91 Å². The number of halogens is 2. The molecular weight excluding hydrogens is 505 g/mol. The molecule has 9 heteroatoms. The molecule has 2 atom stereocenters. The van der Waals surface area contributed by atoms with Gasteiger partial charge in [0, 0.05) is 38.3 Å². The maximum absolute atomic E-state index is 11.8. The maximum Gasteiger partial charge on any atom is 0.239 e. The van der Waals surface area contributed by atoms with Crippen LogP contribution >= 0.6 is 35.6 Å². The molecule has 1 aromatic carbocycles. The smallest absolute Gasteiger partial charge is 0.239 e. The number of hydrogen-bond donors (Lipinski definition) is 3. The molecule has 0 spiro atoms. The van der Waals surface area contributed by atoms with Crippen LogP contribution in [0.15, 0.2) is 29.3 Å². The van der Waals surface area contributed by atoms with E-state index in [1.165, 1.54) is 5.56 Å². The Morgan fingerprint density at radius 3 is 2.83 bits per heavy atom. The zero-order valence-corrected chi connectivity index (χ0v) is 20.5. The number of nitrogens with one attached hydrogen (secondary N) is 3. The topological polar surface area (TPSA) is 78.0 Å². The van der Waals surface area contributed by atoms with E-state index in [0.29, 0.717) is 31.1 Å². The minimum atomic E-state index is -0.0887. The van der Waals surface area contributed by atoms with Gasteiger partial charge < -0.3 is 20.7 Å². The number of guanidine groups is 1. The number of aliphatic imine (C=N–C) groups is 1. The molecule has 164 valence electrons. The average molecular weight is 538 g/mol. The van der Waals surface area contributed by atoms with Crippen molar-refractivity contribution in [2.75, 3.05) is 54.0 Å². The van der Waals surface area contributed by atoms with E-state index in [2.05, 4.69) is 45.0 Å². The molecule has 0 saturated carbocycles. The van der Waals surface area contributed by atoms with Crippen molar-refractivity contribution in [1.29, 1.82) is 0 Å². The molecule has 2 rings (SSSR count). The Labute approximate surface area is 196 Å². The van der Waals surface area contributed by atoms with Gasteiger partial charge in [-0.05, 0) is 50.0 Å². The van der Waals surface area contributed by atoms with Gasteiger partial charge in [0.15, 0.2) is 5.96 Å². The Kier molecular flexibility index (Phi) is 12.5. The number of likely N-dealkylation sites (tertiary alicyclic amines) is 1. The molecule has 0 radical (unpaired) electrons. The van der Waals surface area contributed by atoms with Crippen LogP contribution in [0.2, 0.25) is 5.02 Å². The van der Waals surface area contributed by atoms with Gasteiger partial charge in [-0.15, -0.1) is 24.0 Å². The molecule has 1 aliphatic heterocycles. The number of rotatable bonds is 8. The molecule has 1 aromatic rings. The van der Waals surface area contributed by atoms with E-state index >= 15 is 0 Å². The van der Waals surface area contributed by atoms with Crippen LogP contribution in [0.1, 0.15) is 24.4 Å².